The van der Waals surface area contributed by atoms with Crippen molar-refractivity contribution in [1.29, 1.82) is 0 Å². The predicted molar refractivity (Wildman–Crippen MR) is 121 cm³/mol. The van der Waals surface area contributed by atoms with Gasteiger partial charge in [0.05, 0.1) is 0 Å². The van der Waals surface area contributed by atoms with Gasteiger partial charge in [-0.1, -0.05) is 69.2 Å². The molecule has 0 rings (SSSR count). The maximum atomic E-state index is 2.49. The second-order valence-corrected chi connectivity index (χ2v) is 13.5. The summed E-state index contributed by atoms with van der Waals surface area (Å²) in [5.74, 6) is 2.41. The van der Waals surface area contributed by atoms with E-state index in [9.17, 15) is 0 Å². The summed E-state index contributed by atoms with van der Waals surface area (Å²) in [5, 5.41) is 0. The molecular weight excluding hydrogens is 409 g/mol. The van der Waals surface area contributed by atoms with Gasteiger partial charge in [-0.25, -0.2) is 0 Å². The Morgan fingerprint density at radius 3 is 1.74 bits per heavy atom. The Kier molecular flexibility index (Phi) is 10.3. The van der Waals surface area contributed by atoms with E-state index < -0.39 is 0 Å². The van der Waals surface area contributed by atoms with E-state index in [0.717, 1.165) is 26.2 Å². The van der Waals surface area contributed by atoms with Gasteiger partial charge in [-0.2, -0.15) is 22.4 Å². The summed E-state index contributed by atoms with van der Waals surface area (Å²) in [5.41, 5.74) is 1.31. The molecule has 0 bridgehead atoms. The highest BCUT2D eigenvalue weighted by Gasteiger charge is 2.35. The third-order valence-electron chi connectivity index (χ3n) is 5.40. The molecule has 0 aliphatic carbocycles. The lowest BCUT2D eigenvalue weighted by Crippen LogP contribution is -2.31. The van der Waals surface area contributed by atoms with Crippen LogP contribution in [-0.2, 0) is 0 Å². The molecule has 23 heavy (non-hydrogen) atoms. The Morgan fingerprint density at radius 2 is 1.30 bits per heavy atom. The second kappa shape index (κ2) is 9.79. The summed E-state index contributed by atoms with van der Waals surface area (Å²) in [7, 11) is 0.992. The third kappa shape index (κ3) is 10.7. The molecule has 3 heteroatoms. The van der Waals surface area contributed by atoms with E-state index in [1.165, 1.54) is 25.4 Å². The van der Waals surface area contributed by atoms with Crippen molar-refractivity contribution in [3.05, 3.63) is 0 Å². The molecule has 0 N–H and O–H groups in total. The van der Waals surface area contributed by atoms with Gasteiger partial charge in [0.1, 0.15) is 0 Å². The minimum Gasteiger partial charge on any atom is -0.152 e. The SMILES string of the molecule is CC(C)C(C)C(C)CC(C)(C)CC(C)(C)CC(C)(C)CP[B]I. The topological polar surface area (TPSA) is 0 Å². The number of hydrogen-bond donors (Lipinski definition) is 0. The second-order valence-electron chi connectivity index (χ2n) is 10.6. The summed E-state index contributed by atoms with van der Waals surface area (Å²) >= 11 is 2.40. The van der Waals surface area contributed by atoms with Crippen LogP contribution in [0.2, 0.25) is 0 Å². The van der Waals surface area contributed by atoms with Gasteiger partial charge in [0.2, 0.25) is 4.86 Å². The van der Waals surface area contributed by atoms with Gasteiger partial charge in [-0.05, 0) is 59.4 Å². The van der Waals surface area contributed by atoms with Crippen molar-refractivity contribution < 1.29 is 0 Å². The van der Waals surface area contributed by atoms with E-state index in [2.05, 4.69) is 96.5 Å². The van der Waals surface area contributed by atoms with Crippen LogP contribution in [0, 0.1) is 34.0 Å². The van der Waals surface area contributed by atoms with Crippen molar-refractivity contribution in [2.45, 2.75) is 88.5 Å². The Balaban J connectivity index is 4.72. The lowest BCUT2D eigenvalue weighted by molar-refractivity contribution is 0.103. The fraction of sp³-hybridized carbons (Fsp3) is 1.00. The number of rotatable bonds is 11. The molecule has 0 saturated heterocycles. The molecule has 0 fully saturated rings. The summed E-state index contributed by atoms with van der Waals surface area (Å²) < 4.78 is 0. The van der Waals surface area contributed by atoms with E-state index in [1.54, 1.807) is 0 Å². The average molecular weight is 451 g/mol. The average Bonchev–Trinajstić information content (AvgIpc) is 2.31. The van der Waals surface area contributed by atoms with E-state index >= 15 is 0 Å². The van der Waals surface area contributed by atoms with Gasteiger partial charge in [0.15, 0.2) is 0 Å². The normalized spacial score (nSPS) is 17.0. The summed E-state index contributed by atoms with van der Waals surface area (Å²) in [6.45, 7) is 24.5. The molecule has 0 aromatic heterocycles. The fourth-order valence-corrected chi connectivity index (χ4v) is 6.23. The zero-order valence-electron chi connectivity index (χ0n) is 17.5. The number of hydrogen-bond acceptors (Lipinski definition) is 0. The van der Waals surface area contributed by atoms with Crippen molar-refractivity contribution in [2.24, 2.45) is 34.0 Å². The minimum absolute atomic E-state index is 0.420. The third-order valence-corrected chi connectivity index (χ3v) is 8.03. The van der Waals surface area contributed by atoms with Gasteiger partial charge < -0.3 is 0 Å². The van der Waals surface area contributed by atoms with Crippen molar-refractivity contribution in [3.8, 4) is 0 Å². The highest BCUT2D eigenvalue weighted by molar-refractivity contribution is 14.1. The minimum atomic E-state index is 0.420. The Labute approximate surface area is 164 Å². The van der Waals surface area contributed by atoms with E-state index in [0.29, 0.717) is 16.2 Å². The first-order chi connectivity index (χ1) is 10.2. The molecular formula is C20H42BIP. The summed E-state index contributed by atoms with van der Waals surface area (Å²) in [6.07, 6.45) is 5.34. The largest absolute Gasteiger partial charge is 0.230 e. The van der Waals surface area contributed by atoms with Gasteiger partial charge in [0.25, 0.3) is 0 Å². The molecule has 3 unspecified atom stereocenters. The molecule has 0 heterocycles. The lowest BCUT2D eigenvalue weighted by atomic mass is 9.65. The van der Waals surface area contributed by atoms with Crippen molar-refractivity contribution in [1.82, 2.24) is 0 Å². The highest BCUT2D eigenvalue weighted by atomic mass is 127. The molecule has 0 aliphatic rings. The maximum Gasteiger partial charge on any atom is 0.230 e. The molecule has 1 radical (unpaired) electrons. The van der Waals surface area contributed by atoms with Crippen LogP contribution in [-0.4, -0.2) is 11.0 Å². The van der Waals surface area contributed by atoms with Crippen molar-refractivity contribution in [3.63, 3.8) is 0 Å². The summed E-state index contributed by atoms with van der Waals surface area (Å²) in [6, 6.07) is 0. The molecule has 0 aliphatic heterocycles. The Bertz CT molecular complexity index is 337. The first kappa shape index (κ1) is 24.2. The van der Waals surface area contributed by atoms with Crippen LogP contribution in [0.5, 0.6) is 0 Å². The molecule has 0 nitrogen and oxygen atoms in total. The van der Waals surface area contributed by atoms with E-state index in [1.807, 2.05) is 0 Å². The quantitative estimate of drug-likeness (QED) is 0.171. The smallest absolute Gasteiger partial charge is 0.152 e. The zero-order valence-corrected chi connectivity index (χ0v) is 20.7. The first-order valence-corrected chi connectivity index (χ1v) is 11.9. The number of halogens is 1. The molecule has 137 valence electrons. The van der Waals surface area contributed by atoms with Crippen LogP contribution in [0.1, 0.15) is 88.5 Å². The Hall–Kier alpha value is 1.22. The van der Waals surface area contributed by atoms with Crippen LogP contribution in [0.15, 0.2) is 0 Å². The Morgan fingerprint density at radius 1 is 0.826 bits per heavy atom. The molecule has 3 atom stereocenters. The molecule has 0 aromatic rings. The van der Waals surface area contributed by atoms with Crippen molar-refractivity contribution in [2.75, 3.05) is 6.16 Å². The molecule has 0 saturated carbocycles. The fourth-order valence-electron chi connectivity index (χ4n) is 4.82. The van der Waals surface area contributed by atoms with Crippen LogP contribution in [0.25, 0.3) is 0 Å². The lowest BCUT2D eigenvalue weighted by Gasteiger charge is -2.42. The monoisotopic (exact) mass is 451 g/mol. The van der Waals surface area contributed by atoms with E-state index in [4.69, 9.17) is 0 Å². The van der Waals surface area contributed by atoms with E-state index in [-0.39, 0.29) is 0 Å². The van der Waals surface area contributed by atoms with Gasteiger partial charge in [-0.3, -0.25) is 0 Å². The summed E-state index contributed by atoms with van der Waals surface area (Å²) in [4.78, 5) is 2.31. The van der Waals surface area contributed by atoms with Gasteiger partial charge in [0, 0.05) is 0 Å². The first-order valence-electron chi connectivity index (χ1n) is 9.37. The van der Waals surface area contributed by atoms with Crippen LogP contribution < -0.4 is 0 Å². The van der Waals surface area contributed by atoms with Crippen LogP contribution in [0.4, 0.5) is 0 Å². The standard InChI is InChI=1S/C20H42BIP/c1-15(2)17(4)16(3)11-18(5,6)12-19(7,8)13-20(9,10)14-23-21-22/h15-17,23H,11-14H2,1-10H3. The molecule has 0 aromatic carbocycles. The molecule has 0 amide bonds. The zero-order chi connectivity index (χ0) is 18.5. The highest BCUT2D eigenvalue weighted by Crippen LogP contribution is 2.46. The van der Waals surface area contributed by atoms with Crippen molar-refractivity contribution >= 4 is 35.7 Å². The predicted octanol–water partition coefficient (Wildman–Crippen LogP) is 7.81. The maximum absolute atomic E-state index is 2.49. The van der Waals surface area contributed by atoms with Crippen LogP contribution in [0.3, 0.4) is 0 Å². The van der Waals surface area contributed by atoms with Gasteiger partial charge >= 0.3 is 0 Å². The molecule has 0 spiro atoms. The van der Waals surface area contributed by atoms with Crippen LogP contribution >= 0.6 is 30.8 Å². The van der Waals surface area contributed by atoms with Gasteiger partial charge in [-0.15, -0.1) is 8.46 Å².